The van der Waals surface area contributed by atoms with Crippen LogP contribution in [0.4, 0.5) is 14.6 Å². The fourth-order valence-electron chi connectivity index (χ4n) is 5.53. The van der Waals surface area contributed by atoms with Crippen molar-refractivity contribution in [1.29, 1.82) is 5.26 Å². The van der Waals surface area contributed by atoms with E-state index < -0.39 is 40.2 Å². The Kier molecular flexibility index (Phi) is 9.72. The summed E-state index contributed by atoms with van der Waals surface area (Å²) in [5.41, 5.74) is 0.495. The number of nitrogens with zero attached hydrogens (tertiary/aromatic N) is 5. The van der Waals surface area contributed by atoms with Gasteiger partial charge in [0.15, 0.2) is 0 Å². The fraction of sp³-hybridized carbons (Fsp3) is 0.382. The first-order chi connectivity index (χ1) is 22.4. The number of carbonyl (C=O) groups is 2. The van der Waals surface area contributed by atoms with Crippen LogP contribution < -0.4 is 15.0 Å². The number of hydrogen-bond donors (Lipinski definition) is 1. The van der Waals surface area contributed by atoms with Crippen LogP contribution in [0.1, 0.15) is 56.5 Å². The number of nitrogens with one attached hydrogen (secondary N) is 1. The number of halogens is 2. The zero-order valence-electron chi connectivity index (χ0n) is 26.7. The van der Waals surface area contributed by atoms with Gasteiger partial charge < -0.3 is 24.4 Å². The highest BCUT2D eigenvalue weighted by molar-refractivity contribution is 5.95. The Morgan fingerprint density at radius 2 is 1.87 bits per heavy atom. The van der Waals surface area contributed by atoms with Gasteiger partial charge in [0.25, 0.3) is 5.91 Å². The standard InChI is InChI=1S/C34H36F2N6O5/c1-5-46-25-15-26(31-23(16-37)18-39-42(31)19-25)22-6-9-29(38-17-22)41-12-10-34(11-13-41,21-45-20-30(43)47-33(2,3)4)40-32(44)27-14-24(35)7-8-28(27)36/h6-9,14-15,17-19H,5,10-13,20-21H2,1-4H3,(H,40,44). The minimum Gasteiger partial charge on any atom is -0.492 e. The molecule has 47 heavy (non-hydrogen) atoms. The van der Waals surface area contributed by atoms with Gasteiger partial charge in [0.1, 0.15) is 41.5 Å². The van der Waals surface area contributed by atoms with Crippen LogP contribution in [0.5, 0.6) is 5.75 Å². The first-order valence-electron chi connectivity index (χ1n) is 15.2. The Hall–Kier alpha value is -5.09. The van der Waals surface area contributed by atoms with Crippen LogP contribution >= 0.6 is 0 Å². The third kappa shape index (κ3) is 7.84. The van der Waals surface area contributed by atoms with Gasteiger partial charge in [0, 0.05) is 30.4 Å². The lowest BCUT2D eigenvalue weighted by Crippen LogP contribution is -2.58. The normalized spacial score (nSPS) is 14.4. The maximum Gasteiger partial charge on any atom is 0.332 e. The van der Waals surface area contributed by atoms with Crippen molar-refractivity contribution in [2.45, 2.75) is 51.7 Å². The molecule has 0 unspecified atom stereocenters. The molecule has 11 nitrogen and oxygen atoms in total. The Bertz CT molecular complexity index is 1800. The summed E-state index contributed by atoms with van der Waals surface area (Å²) in [6, 6.07) is 10.5. The van der Waals surface area contributed by atoms with Crippen molar-refractivity contribution >= 4 is 23.2 Å². The molecule has 0 atom stereocenters. The van der Waals surface area contributed by atoms with Crippen molar-refractivity contribution in [3.8, 4) is 22.9 Å². The number of nitriles is 1. The number of piperidine rings is 1. The van der Waals surface area contributed by atoms with Crippen molar-refractivity contribution < 1.29 is 32.6 Å². The Morgan fingerprint density at radius 3 is 2.53 bits per heavy atom. The second-order valence-electron chi connectivity index (χ2n) is 12.3. The minimum absolute atomic E-state index is 0.0477. The molecular weight excluding hydrogens is 610 g/mol. The van der Waals surface area contributed by atoms with Crippen LogP contribution in [0.2, 0.25) is 0 Å². The maximum atomic E-state index is 14.5. The number of benzene rings is 1. The van der Waals surface area contributed by atoms with Crippen molar-refractivity contribution in [2.24, 2.45) is 0 Å². The van der Waals surface area contributed by atoms with E-state index in [0.29, 0.717) is 55.2 Å². The molecule has 3 aromatic heterocycles. The molecular formula is C34H36F2N6O5. The number of hydrogen-bond acceptors (Lipinski definition) is 9. The number of pyridine rings is 2. The number of esters is 1. The van der Waals surface area contributed by atoms with Gasteiger partial charge in [0.05, 0.1) is 47.8 Å². The summed E-state index contributed by atoms with van der Waals surface area (Å²) in [6.45, 7) is 8.10. The molecule has 0 spiro atoms. The maximum absolute atomic E-state index is 14.5. The average molecular weight is 647 g/mol. The summed E-state index contributed by atoms with van der Waals surface area (Å²) in [5.74, 6) is -1.63. The van der Waals surface area contributed by atoms with E-state index in [4.69, 9.17) is 19.2 Å². The van der Waals surface area contributed by atoms with Gasteiger partial charge in [-0.15, -0.1) is 0 Å². The zero-order valence-corrected chi connectivity index (χ0v) is 26.7. The summed E-state index contributed by atoms with van der Waals surface area (Å²) < 4.78 is 46.7. The van der Waals surface area contributed by atoms with Crippen LogP contribution in [-0.2, 0) is 14.3 Å². The Balaban J connectivity index is 1.33. The molecule has 1 aliphatic rings. The third-order valence-corrected chi connectivity index (χ3v) is 7.69. The summed E-state index contributed by atoms with van der Waals surface area (Å²) in [7, 11) is 0. The van der Waals surface area contributed by atoms with Crippen LogP contribution in [0.15, 0.2) is 55.0 Å². The molecule has 0 radical (unpaired) electrons. The van der Waals surface area contributed by atoms with Crippen LogP contribution in [-0.4, -0.2) is 70.5 Å². The molecule has 5 rings (SSSR count). The highest BCUT2D eigenvalue weighted by atomic mass is 19.1. The molecule has 1 N–H and O–H groups in total. The zero-order chi connectivity index (χ0) is 33.8. The van der Waals surface area contributed by atoms with Gasteiger partial charge in [0.2, 0.25) is 0 Å². The fourth-order valence-corrected chi connectivity index (χ4v) is 5.53. The molecule has 0 saturated carbocycles. The van der Waals surface area contributed by atoms with Gasteiger partial charge in [-0.3, -0.25) is 4.79 Å². The van der Waals surface area contributed by atoms with Gasteiger partial charge in [-0.1, -0.05) is 0 Å². The number of aromatic nitrogens is 3. The summed E-state index contributed by atoms with van der Waals surface area (Å²) in [5, 5.41) is 16.8. The van der Waals surface area contributed by atoms with Crippen molar-refractivity contribution in [3.05, 3.63) is 77.8 Å². The van der Waals surface area contributed by atoms with E-state index in [-0.39, 0.29) is 13.2 Å². The molecule has 0 bridgehead atoms. The number of amides is 1. The van der Waals surface area contributed by atoms with Gasteiger partial charge in [-0.2, -0.15) is 10.4 Å². The van der Waals surface area contributed by atoms with Crippen molar-refractivity contribution in [1.82, 2.24) is 19.9 Å². The molecule has 1 aliphatic heterocycles. The summed E-state index contributed by atoms with van der Waals surface area (Å²) >= 11 is 0. The smallest absolute Gasteiger partial charge is 0.332 e. The second-order valence-corrected chi connectivity index (χ2v) is 12.3. The topological polar surface area (TPSA) is 131 Å². The van der Waals surface area contributed by atoms with Crippen molar-refractivity contribution in [3.63, 3.8) is 0 Å². The minimum atomic E-state index is -0.977. The predicted molar refractivity (Wildman–Crippen MR) is 169 cm³/mol. The molecule has 0 aliphatic carbocycles. The van der Waals surface area contributed by atoms with E-state index in [1.807, 2.05) is 30.0 Å². The number of ether oxygens (including phenoxy) is 3. The predicted octanol–water partition coefficient (Wildman–Crippen LogP) is 5.07. The van der Waals surface area contributed by atoms with Gasteiger partial charge in [-0.25, -0.2) is 23.1 Å². The number of carbonyl (C=O) groups excluding carboxylic acids is 2. The molecule has 1 amide bonds. The number of fused-ring (bicyclic) bond motifs is 1. The number of rotatable bonds is 10. The largest absolute Gasteiger partial charge is 0.492 e. The van der Waals surface area contributed by atoms with Crippen LogP contribution in [0, 0.1) is 23.0 Å². The molecule has 13 heteroatoms. The van der Waals surface area contributed by atoms with E-state index in [1.54, 1.807) is 37.7 Å². The molecule has 4 aromatic rings. The van der Waals surface area contributed by atoms with E-state index in [0.717, 1.165) is 29.3 Å². The molecule has 1 fully saturated rings. The van der Waals surface area contributed by atoms with Gasteiger partial charge in [-0.05, 0) is 76.9 Å². The molecule has 1 aromatic carbocycles. The highest BCUT2D eigenvalue weighted by Gasteiger charge is 2.38. The quantitative estimate of drug-likeness (QED) is 0.235. The van der Waals surface area contributed by atoms with E-state index in [2.05, 4.69) is 16.5 Å². The van der Waals surface area contributed by atoms with E-state index >= 15 is 0 Å². The first kappa shape index (κ1) is 33.3. The molecule has 1 saturated heterocycles. The monoisotopic (exact) mass is 646 g/mol. The summed E-state index contributed by atoms with van der Waals surface area (Å²) in [4.78, 5) is 32.2. The SMILES string of the molecule is CCOc1cc(-c2ccc(N3CCC(COCC(=O)OC(C)(C)C)(NC(=O)c4cc(F)ccc4F)CC3)nc2)c2c(C#N)cnn2c1. The lowest BCUT2D eigenvalue weighted by Gasteiger charge is -2.42. The lowest BCUT2D eigenvalue weighted by molar-refractivity contribution is -0.161. The third-order valence-electron chi connectivity index (χ3n) is 7.69. The second kappa shape index (κ2) is 13.7. The average Bonchev–Trinajstić information content (AvgIpc) is 3.45. The van der Waals surface area contributed by atoms with E-state index in [1.165, 1.54) is 6.20 Å². The Labute approximate surface area is 271 Å². The first-order valence-corrected chi connectivity index (χ1v) is 15.2. The van der Waals surface area contributed by atoms with E-state index in [9.17, 15) is 23.6 Å². The Morgan fingerprint density at radius 1 is 1.11 bits per heavy atom. The van der Waals surface area contributed by atoms with Crippen LogP contribution in [0.3, 0.4) is 0 Å². The molecule has 246 valence electrons. The molecule has 4 heterocycles. The van der Waals surface area contributed by atoms with Crippen molar-refractivity contribution in [2.75, 3.05) is 37.8 Å². The summed E-state index contributed by atoms with van der Waals surface area (Å²) in [6.07, 6.45) is 5.69. The number of anilines is 1. The lowest BCUT2D eigenvalue weighted by atomic mass is 9.87. The van der Waals surface area contributed by atoms with Crippen LogP contribution in [0.25, 0.3) is 16.6 Å². The highest BCUT2D eigenvalue weighted by Crippen LogP contribution is 2.32. The van der Waals surface area contributed by atoms with Gasteiger partial charge >= 0.3 is 5.97 Å².